The molecule has 0 spiro atoms. The van der Waals surface area contributed by atoms with E-state index in [9.17, 15) is 29.5 Å². The maximum atomic E-state index is 12.1. The van der Waals surface area contributed by atoms with E-state index in [1.165, 1.54) is 6.20 Å². The van der Waals surface area contributed by atoms with Crippen molar-refractivity contribution in [2.24, 2.45) is 0 Å². The lowest BCUT2D eigenvalue weighted by Crippen LogP contribution is -2.33. The zero-order chi connectivity index (χ0) is 37.7. The molecule has 284 valence electrons. The fourth-order valence-corrected chi connectivity index (χ4v) is 7.70. The largest absolute Gasteiger partial charge is 0.387 e. The number of ether oxygens (including phenoxy) is 5. The van der Waals surface area contributed by atoms with Gasteiger partial charge >= 0.3 is 15.2 Å². The van der Waals surface area contributed by atoms with E-state index < -0.39 is 52.2 Å². The molecule has 0 radical (unpaired) electrons. The monoisotopic (exact) mass is 788 g/mol. The summed E-state index contributed by atoms with van der Waals surface area (Å²) in [4.78, 5) is 38.5. The van der Waals surface area contributed by atoms with Gasteiger partial charge in [-0.3, -0.25) is 9.13 Å². The number of hydrogen-bond donors (Lipinski definition) is 5. The van der Waals surface area contributed by atoms with Crippen molar-refractivity contribution in [2.75, 3.05) is 76.8 Å². The molecule has 52 heavy (non-hydrogen) atoms. The van der Waals surface area contributed by atoms with E-state index in [-0.39, 0.29) is 24.1 Å². The maximum absolute atomic E-state index is 12.1. The standard InChI is InChI=1S/C30H39ClN6O13P2/c1-2-8-45-10-12-47-14-15-48-13-11-46-9-7-36(18-22-5-3-21(16-32)4-6-22)27-23-17-33-37(28(23)35-30(31)34-27)29-26(39)25(38)24(50-29)19-49-52(43,44)20-51(40,41)42/h1,3-6,17,24-26,29,38-39H,7-15,18-20H2,(H,43,44)(H2,40,41,42)/t24-,25-,26-,29-/m1/s1. The van der Waals surface area contributed by atoms with Crippen LogP contribution in [0.3, 0.4) is 0 Å². The van der Waals surface area contributed by atoms with Crippen LogP contribution in [0.4, 0.5) is 5.82 Å². The number of nitrogens with zero attached hydrogens (tertiary/aromatic N) is 6. The first-order chi connectivity index (χ1) is 24.8. The van der Waals surface area contributed by atoms with Crippen LogP contribution in [-0.4, -0.2) is 135 Å². The highest BCUT2D eigenvalue weighted by molar-refractivity contribution is 7.70. The fourth-order valence-electron chi connectivity index (χ4n) is 4.98. The molecule has 1 aromatic carbocycles. The Morgan fingerprint density at radius 2 is 1.60 bits per heavy atom. The summed E-state index contributed by atoms with van der Waals surface area (Å²) in [6.45, 7) is 2.49. The molecule has 1 saturated heterocycles. The first-order valence-corrected chi connectivity index (χ1v) is 19.7. The number of hydrogen-bond acceptors (Lipinski definition) is 15. The molecular formula is C30H39ClN6O13P2. The van der Waals surface area contributed by atoms with Gasteiger partial charge in [-0.25, -0.2) is 4.68 Å². The summed E-state index contributed by atoms with van der Waals surface area (Å²) in [7, 11) is -9.66. The van der Waals surface area contributed by atoms with E-state index in [0.29, 0.717) is 69.5 Å². The molecule has 0 aliphatic carbocycles. The molecule has 1 fully saturated rings. The van der Waals surface area contributed by atoms with Gasteiger partial charge in [-0.15, -0.1) is 6.42 Å². The van der Waals surface area contributed by atoms with Crippen LogP contribution in [0.5, 0.6) is 0 Å². The Labute approximate surface area is 303 Å². The molecule has 0 amide bonds. The van der Waals surface area contributed by atoms with Gasteiger partial charge in [0.1, 0.15) is 30.7 Å². The van der Waals surface area contributed by atoms with Crippen molar-refractivity contribution >= 4 is 43.6 Å². The summed E-state index contributed by atoms with van der Waals surface area (Å²) in [5.41, 5.74) is 1.44. The third-order valence-electron chi connectivity index (χ3n) is 7.35. The smallest absolute Gasteiger partial charge is 0.340 e. The number of terminal acetylenes is 1. The topological polar surface area (TPSA) is 261 Å². The average Bonchev–Trinajstić information content (AvgIpc) is 3.63. The van der Waals surface area contributed by atoms with Gasteiger partial charge in [-0.05, 0) is 29.3 Å². The molecule has 19 nitrogen and oxygen atoms in total. The third-order valence-corrected chi connectivity index (χ3v) is 11.0. The lowest BCUT2D eigenvalue weighted by atomic mass is 10.1. The summed E-state index contributed by atoms with van der Waals surface area (Å²) in [6, 6.07) is 9.04. The first kappa shape index (κ1) is 41.7. The minimum absolute atomic E-state index is 0.117. The Morgan fingerprint density at radius 3 is 2.21 bits per heavy atom. The van der Waals surface area contributed by atoms with E-state index in [2.05, 4.69) is 27.1 Å². The predicted octanol–water partition coefficient (Wildman–Crippen LogP) is 1.01. The predicted molar refractivity (Wildman–Crippen MR) is 183 cm³/mol. The number of benzene rings is 1. The van der Waals surface area contributed by atoms with Crippen molar-refractivity contribution in [3.63, 3.8) is 0 Å². The summed E-state index contributed by atoms with van der Waals surface area (Å²) < 4.78 is 56.9. The number of fused-ring (bicyclic) bond motifs is 1. The van der Waals surface area contributed by atoms with E-state index in [1.807, 2.05) is 4.90 Å². The fraction of sp³-hybridized carbons (Fsp3) is 0.533. The lowest BCUT2D eigenvalue weighted by Gasteiger charge is -2.25. The summed E-state index contributed by atoms with van der Waals surface area (Å²) in [6.07, 6.45) is 0.510. The van der Waals surface area contributed by atoms with Crippen molar-refractivity contribution in [2.45, 2.75) is 31.1 Å². The molecule has 4 rings (SSSR count). The number of anilines is 1. The van der Waals surface area contributed by atoms with Gasteiger partial charge in [-0.2, -0.15) is 20.3 Å². The van der Waals surface area contributed by atoms with E-state index in [0.717, 1.165) is 10.2 Å². The van der Waals surface area contributed by atoms with Crippen molar-refractivity contribution in [1.82, 2.24) is 19.7 Å². The molecule has 1 aliphatic rings. The molecule has 1 aliphatic heterocycles. The second kappa shape index (κ2) is 19.8. The molecule has 0 saturated carbocycles. The Kier molecular flexibility index (Phi) is 15.9. The molecule has 1 unspecified atom stereocenters. The van der Waals surface area contributed by atoms with Crippen LogP contribution in [0.25, 0.3) is 11.0 Å². The Bertz CT molecular complexity index is 1780. The third kappa shape index (κ3) is 12.5. The van der Waals surface area contributed by atoms with Crippen LogP contribution in [0.15, 0.2) is 30.5 Å². The number of aliphatic hydroxyl groups excluding tert-OH is 2. The maximum Gasteiger partial charge on any atom is 0.340 e. The molecule has 3 heterocycles. The molecule has 0 bridgehead atoms. The van der Waals surface area contributed by atoms with Crippen molar-refractivity contribution < 1.29 is 62.2 Å². The van der Waals surface area contributed by atoms with Gasteiger partial charge in [0.15, 0.2) is 17.8 Å². The van der Waals surface area contributed by atoms with Crippen LogP contribution in [0.2, 0.25) is 5.28 Å². The van der Waals surface area contributed by atoms with Gasteiger partial charge in [0, 0.05) is 13.1 Å². The summed E-state index contributed by atoms with van der Waals surface area (Å²) >= 11 is 6.38. The van der Waals surface area contributed by atoms with E-state index >= 15 is 0 Å². The van der Waals surface area contributed by atoms with Gasteiger partial charge in [-0.1, -0.05) is 18.1 Å². The van der Waals surface area contributed by atoms with Gasteiger partial charge in [0.05, 0.1) is 76.1 Å². The van der Waals surface area contributed by atoms with E-state index in [4.69, 9.17) is 56.0 Å². The Hall–Kier alpha value is -3.07. The highest BCUT2D eigenvalue weighted by Crippen LogP contribution is 2.55. The van der Waals surface area contributed by atoms with Crippen molar-refractivity contribution in [1.29, 1.82) is 5.26 Å². The van der Waals surface area contributed by atoms with Crippen molar-refractivity contribution in [3.05, 3.63) is 46.9 Å². The molecule has 3 aromatic rings. The SMILES string of the molecule is C#CCOCCOCCOCCOCCN(Cc1ccc(C#N)cc1)c1nc(Cl)nc2c1cnn2[C@@H]1O[C@H](COP(=O)(O)CP(=O)(O)O)[C@@H](O)[C@H]1O. The van der Waals surface area contributed by atoms with E-state index in [1.54, 1.807) is 24.3 Å². The van der Waals surface area contributed by atoms with Crippen LogP contribution in [0.1, 0.15) is 17.4 Å². The molecule has 22 heteroatoms. The van der Waals surface area contributed by atoms with Crippen LogP contribution >= 0.6 is 26.8 Å². The first-order valence-electron chi connectivity index (χ1n) is 15.7. The number of rotatable bonds is 22. The normalized spacial score (nSPS) is 20.1. The highest BCUT2D eigenvalue weighted by Gasteiger charge is 2.46. The Balaban J connectivity index is 1.44. The quantitative estimate of drug-likeness (QED) is 0.0412. The number of nitriles is 1. The number of halogens is 1. The number of aromatic nitrogens is 4. The Morgan fingerprint density at radius 1 is 0.962 bits per heavy atom. The summed E-state index contributed by atoms with van der Waals surface area (Å²) in [5.74, 6) is 1.29. The highest BCUT2D eigenvalue weighted by atomic mass is 35.5. The zero-order valence-corrected chi connectivity index (χ0v) is 30.3. The molecular weight excluding hydrogens is 750 g/mol. The van der Waals surface area contributed by atoms with Gasteiger partial charge in [0.2, 0.25) is 5.28 Å². The molecule has 5 N–H and O–H groups in total. The van der Waals surface area contributed by atoms with Crippen LogP contribution in [0, 0.1) is 23.7 Å². The van der Waals surface area contributed by atoms with Crippen molar-refractivity contribution in [3.8, 4) is 18.4 Å². The van der Waals surface area contributed by atoms with Gasteiger partial charge < -0.3 is 58.0 Å². The lowest BCUT2D eigenvalue weighted by molar-refractivity contribution is -0.0541. The second-order valence-corrected chi connectivity index (χ2v) is 15.6. The minimum atomic E-state index is -4.89. The van der Waals surface area contributed by atoms with Crippen LogP contribution < -0.4 is 4.90 Å². The number of aliphatic hydroxyl groups is 2. The molecule has 2 aromatic heterocycles. The van der Waals surface area contributed by atoms with Crippen LogP contribution in [-0.2, 0) is 43.9 Å². The minimum Gasteiger partial charge on any atom is -0.387 e. The average molecular weight is 789 g/mol. The zero-order valence-electron chi connectivity index (χ0n) is 27.7. The molecule has 5 atom stereocenters. The summed E-state index contributed by atoms with van der Waals surface area (Å²) in [5, 5.41) is 35.2. The van der Waals surface area contributed by atoms with Gasteiger partial charge in [0.25, 0.3) is 0 Å². The second-order valence-electron chi connectivity index (χ2n) is 11.3.